The summed E-state index contributed by atoms with van der Waals surface area (Å²) in [6, 6.07) is 6.43. The van der Waals surface area contributed by atoms with Crippen LogP contribution in [0.2, 0.25) is 0 Å². The monoisotopic (exact) mass is 346 g/mol. The molecule has 1 aliphatic rings. The highest BCUT2D eigenvalue weighted by Crippen LogP contribution is 2.21. The van der Waals surface area contributed by atoms with E-state index < -0.39 is 9.84 Å². The molecule has 0 bridgehead atoms. The van der Waals surface area contributed by atoms with Gasteiger partial charge in [0.1, 0.15) is 0 Å². The Labute approximate surface area is 138 Å². The lowest BCUT2D eigenvalue weighted by Gasteiger charge is -2.31. The number of piperidine rings is 1. The van der Waals surface area contributed by atoms with Gasteiger partial charge in [0.25, 0.3) is 5.91 Å². The number of carbonyl (C=O) groups is 1. The standard InChI is InChI=1S/C15H22N2O3S.ClH/c1-2-10-21(19,20)14-8-4-3-7-13(14)15(18)17-9-5-6-12(16)11-17;/h3-4,7-8,12H,2,5-6,9-11,16H2,1H3;1H. The number of hydrogen-bond donors (Lipinski definition) is 1. The highest BCUT2D eigenvalue weighted by molar-refractivity contribution is 7.91. The molecular weight excluding hydrogens is 324 g/mol. The van der Waals surface area contributed by atoms with Crippen LogP contribution in [0.15, 0.2) is 29.2 Å². The van der Waals surface area contributed by atoms with Gasteiger partial charge in [0.05, 0.1) is 16.2 Å². The minimum absolute atomic E-state index is 0. The molecule has 22 heavy (non-hydrogen) atoms. The van der Waals surface area contributed by atoms with Crippen LogP contribution in [0.4, 0.5) is 0 Å². The fourth-order valence-corrected chi connectivity index (χ4v) is 4.19. The SMILES string of the molecule is CCCS(=O)(=O)c1ccccc1C(=O)N1CCCC(N)C1.Cl. The van der Waals surface area contributed by atoms with Crippen LogP contribution >= 0.6 is 12.4 Å². The van der Waals surface area contributed by atoms with Crippen molar-refractivity contribution in [3.8, 4) is 0 Å². The van der Waals surface area contributed by atoms with Crippen molar-refractivity contribution >= 4 is 28.2 Å². The first-order chi connectivity index (χ1) is 9.95. The molecular formula is C15H23ClN2O3S. The molecule has 0 radical (unpaired) electrons. The molecule has 5 nitrogen and oxygen atoms in total. The Morgan fingerprint density at radius 1 is 1.36 bits per heavy atom. The summed E-state index contributed by atoms with van der Waals surface area (Å²) in [6.07, 6.45) is 2.29. The number of benzene rings is 1. The molecule has 1 aromatic carbocycles. The number of sulfone groups is 1. The second kappa shape index (κ2) is 7.94. The highest BCUT2D eigenvalue weighted by Gasteiger charge is 2.27. The third-order valence-electron chi connectivity index (χ3n) is 3.67. The molecule has 2 rings (SSSR count). The number of halogens is 1. The van der Waals surface area contributed by atoms with E-state index in [1.165, 1.54) is 6.07 Å². The van der Waals surface area contributed by atoms with Gasteiger partial charge in [-0.05, 0) is 31.4 Å². The van der Waals surface area contributed by atoms with E-state index in [9.17, 15) is 13.2 Å². The van der Waals surface area contributed by atoms with E-state index in [-0.39, 0.29) is 40.6 Å². The molecule has 1 aliphatic heterocycles. The van der Waals surface area contributed by atoms with Crippen LogP contribution in [-0.4, -0.2) is 44.1 Å². The van der Waals surface area contributed by atoms with Crippen molar-refractivity contribution in [2.75, 3.05) is 18.8 Å². The maximum absolute atomic E-state index is 12.6. The Morgan fingerprint density at radius 2 is 2.05 bits per heavy atom. The summed E-state index contributed by atoms with van der Waals surface area (Å²) in [6.45, 7) is 2.93. The third kappa shape index (κ3) is 4.21. The van der Waals surface area contributed by atoms with Crippen LogP contribution < -0.4 is 5.73 Å². The normalized spacial score (nSPS) is 18.6. The molecule has 2 N–H and O–H groups in total. The molecule has 0 aromatic heterocycles. The average molecular weight is 347 g/mol. The van der Waals surface area contributed by atoms with E-state index >= 15 is 0 Å². The first kappa shape index (κ1) is 18.9. The van der Waals surface area contributed by atoms with E-state index in [1.54, 1.807) is 23.1 Å². The van der Waals surface area contributed by atoms with Crippen LogP contribution in [0.3, 0.4) is 0 Å². The summed E-state index contributed by atoms with van der Waals surface area (Å²) in [5.41, 5.74) is 6.16. The van der Waals surface area contributed by atoms with Gasteiger partial charge in [-0.1, -0.05) is 19.1 Å². The molecule has 1 fully saturated rings. The number of likely N-dealkylation sites (tertiary alicyclic amines) is 1. The van der Waals surface area contributed by atoms with Crippen LogP contribution in [0.5, 0.6) is 0 Å². The molecule has 1 amide bonds. The molecule has 7 heteroatoms. The number of nitrogens with two attached hydrogens (primary N) is 1. The lowest BCUT2D eigenvalue weighted by atomic mass is 10.1. The largest absolute Gasteiger partial charge is 0.337 e. The number of hydrogen-bond acceptors (Lipinski definition) is 4. The molecule has 1 heterocycles. The van der Waals surface area contributed by atoms with Gasteiger partial charge < -0.3 is 10.6 Å². The van der Waals surface area contributed by atoms with Gasteiger partial charge in [-0.25, -0.2) is 8.42 Å². The zero-order chi connectivity index (χ0) is 15.5. The second-order valence-electron chi connectivity index (χ2n) is 5.47. The van der Waals surface area contributed by atoms with Gasteiger partial charge >= 0.3 is 0 Å². The van der Waals surface area contributed by atoms with Gasteiger partial charge in [0.2, 0.25) is 0 Å². The van der Waals surface area contributed by atoms with Crippen molar-refractivity contribution in [1.29, 1.82) is 0 Å². The lowest BCUT2D eigenvalue weighted by molar-refractivity contribution is 0.0705. The summed E-state index contributed by atoms with van der Waals surface area (Å²) in [5, 5.41) is 0. The van der Waals surface area contributed by atoms with Gasteiger partial charge in [-0.15, -0.1) is 12.4 Å². The summed E-state index contributed by atoms with van der Waals surface area (Å²) in [7, 11) is -3.42. The summed E-state index contributed by atoms with van der Waals surface area (Å²) in [4.78, 5) is 14.4. The average Bonchev–Trinajstić information content (AvgIpc) is 2.46. The minimum atomic E-state index is -3.42. The zero-order valence-corrected chi connectivity index (χ0v) is 14.3. The molecule has 1 aromatic rings. The Kier molecular flexibility index (Phi) is 6.84. The van der Waals surface area contributed by atoms with E-state index in [2.05, 4.69) is 0 Å². The highest BCUT2D eigenvalue weighted by atomic mass is 35.5. The maximum atomic E-state index is 12.6. The van der Waals surface area contributed by atoms with Crippen LogP contribution in [0, 0.1) is 0 Å². The van der Waals surface area contributed by atoms with Crippen molar-refractivity contribution in [1.82, 2.24) is 4.90 Å². The second-order valence-corrected chi connectivity index (χ2v) is 7.55. The van der Waals surface area contributed by atoms with Crippen molar-refractivity contribution in [3.63, 3.8) is 0 Å². The Bertz CT molecular complexity index is 619. The number of nitrogens with zero attached hydrogens (tertiary/aromatic N) is 1. The summed E-state index contributed by atoms with van der Waals surface area (Å²) in [5.74, 6) is -0.183. The van der Waals surface area contributed by atoms with E-state index in [0.29, 0.717) is 19.5 Å². The zero-order valence-electron chi connectivity index (χ0n) is 12.7. The fourth-order valence-electron chi connectivity index (χ4n) is 2.66. The Balaban J connectivity index is 0.00000242. The quantitative estimate of drug-likeness (QED) is 0.902. The Hall–Kier alpha value is -1.11. The lowest BCUT2D eigenvalue weighted by Crippen LogP contribution is -2.46. The molecule has 0 saturated carbocycles. The van der Waals surface area contributed by atoms with Crippen molar-refractivity contribution < 1.29 is 13.2 Å². The maximum Gasteiger partial charge on any atom is 0.255 e. The number of amides is 1. The van der Waals surface area contributed by atoms with Gasteiger partial charge in [0.15, 0.2) is 9.84 Å². The molecule has 124 valence electrons. The van der Waals surface area contributed by atoms with Crippen molar-refractivity contribution in [2.45, 2.75) is 37.1 Å². The van der Waals surface area contributed by atoms with E-state index in [4.69, 9.17) is 5.73 Å². The first-order valence-electron chi connectivity index (χ1n) is 7.32. The molecule has 0 aliphatic carbocycles. The molecule has 1 atom stereocenters. The van der Waals surface area contributed by atoms with Gasteiger partial charge in [0, 0.05) is 19.1 Å². The Morgan fingerprint density at radius 3 is 2.68 bits per heavy atom. The van der Waals surface area contributed by atoms with Crippen molar-refractivity contribution in [2.24, 2.45) is 5.73 Å². The topological polar surface area (TPSA) is 80.5 Å². The smallest absolute Gasteiger partial charge is 0.255 e. The van der Waals surface area contributed by atoms with Gasteiger partial charge in [-0.3, -0.25) is 4.79 Å². The van der Waals surface area contributed by atoms with Gasteiger partial charge in [-0.2, -0.15) is 0 Å². The van der Waals surface area contributed by atoms with Crippen LogP contribution in [0.25, 0.3) is 0 Å². The molecule has 0 spiro atoms. The summed E-state index contributed by atoms with van der Waals surface area (Å²) >= 11 is 0. The molecule has 1 unspecified atom stereocenters. The molecule has 1 saturated heterocycles. The van der Waals surface area contributed by atoms with E-state index in [0.717, 1.165) is 12.8 Å². The van der Waals surface area contributed by atoms with E-state index in [1.807, 2.05) is 6.92 Å². The number of carbonyl (C=O) groups excluding carboxylic acids is 1. The predicted octanol–water partition coefficient (Wildman–Crippen LogP) is 1.86. The van der Waals surface area contributed by atoms with Crippen LogP contribution in [-0.2, 0) is 9.84 Å². The van der Waals surface area contributed by atoms with Crippen LogP contribution in [0.1, 0.15) is 36.5 Å². The summed E-state index contributed by atoms with van der Waals surface area (Å²) < 4.78 is 24.6. The van der Waals surface area contributed by atoms with Crippen molar-refractivity contribution in [3.05, 3.63) is 29.8 Å². The first-order valence-corrected chi connectivity index (χ1v) is 8.97. The fraction of sp³-hybridized carbons (Fsp3) is 0.533. The third-order valence-corrected chi connectivity index (χ3v) is 5.64. The predicted molar refractivity (Wildman–Crippen MR) is 89.1 cm³/mol. The number of rotatable bonds is 4. The minimum Gasteiger partial charge on any atom is -0.337 e.